The lowest BCUT2D eigenvalue weighted by atomic mass is 10.1. The van der Waals surface area contributed by atoms with Gasteiger partial charge in [-0.05, 0) is 6.07 Å². The van der Waals surface area contributed by atoms with E-state index in [-0.39, 0.29) is 17.1 Å². The third-order valence-electron chi connectivity index (χ3n) is 2.17. The number of aromatic amines is 1. The van der Waals surface area contributed by atoms with Crippen LogP contribution in [0.5, 0.6) is 0 Å². The number of hydrogen-bond acceptors (Lipinski definition) is 1. The number of aromatic nitrogens is 1. The molecule has 0 amide bonds. The average Bonchev–Trinajstić information content (AvgIpc) is 2.45. The van der Waals surface area contributed by atoms with Crippen LogP contribution in [0.4, 0.5) is 4.39 Å². The van der Waals surface area contributed by atoms with Crippen LogP contribution >= 0.6 is 11.6 Å². The van der Waals surface area contributed by atoms with E-state index in [1.807, 2.05) is 0 Å². The predicted octanol–water partition coefficient (Wildman–Crippen LogP) is 2.59. The lowest BCUT2D eigenvalue weighted by molar-refractivity contribution is -0.136. The maximum absolute atomic E-state index is 13.3. The van der Waals surface area contributed by atoms with Crippen molar-refractivity contribution in [1.82, 2.24) is 4.98 Å². The van der Waals surface area contributed by atoms with Crippen LogP contribution in [-0.2, 0) is 11.2 Å². The van der Waals surface area contributed by atoms with E-state index in [4.69, 9.17) is 16.7 Å². The fraction of sp³-hybridized carbons (Fsp3) is 0.100. The van der Waals surface area contributed by atoms with Gasteiger partial charge >= 0.3 is 5.97 Å². The summed E-state index contributed by atoms with van der Waals surface area (Å²) in [6.45, 7) is 0. The third-order valence-corrected chi connectivity index (χ3v) is 2.49. The van der Waals surface area contributed by atoms with Gasteiger partial charge in [0, 0.05) is 10.9 Å². The highest BCUT2D eigenvalue weighted by molar-refractivity contribution is 6.32. The Balaban J connectivity index is 2.68. The van der Waals surface area contributed by atoms with Gasteiger partial charge in [-0.25, -0.2) is 4.39 Å². The highest BCUT2D eigenvalue weighted by atomic mass is 35.5. The molecule has 0 saturated heterocycles. The van der Waals surface area contributed by atoms with Gasteiger partial charge in [-0.15, -0.1) is 0 Å². The van der Waals surface area contributed by atoms with Gasteiger partial charge in [-0.1, -0.05) is 23.7 Å². The topological polar surface area (TPSA) is 53.1 Å². The van der Waals surface area contributed by atoms with Gasteiger partial charge in [0.15, 0.2) is 0 Å². The van der Waals surface area contributed by atoms with E-state index in [0.717, 1.165) is 0 Å². The van der Waals surface area contributed by atoms with Gasteiger partial charge < -0.3 is 10.1 Å². The molecule has 5 heteroatoms. The molecule has 0 atom stereocenters. The smallest absolute Gasteiger partial charge is 0.307 e. The zero-order valence-corrected chi connectivity index (χ0v) is 8.31. The van der Waals surface area contributed by atoms with Gasteiger partial charge in [0.1, 0.15) is 11.0 Å². The normalized spacial score (nSPS) is 10.8. The second-order valence-corrected chi connectivity index (χ2v) is 3.53. The first-order valence-electron chi connectivity index (χ1n) is 4.26. The highest BCUT2D eigenvalue weighted by Gasteiger charge is 2.14. The van der Waals surface area contributed by atoms with Crippen molar-refractivity contribution in [2.45, 2.75) is 6.42 Å². The molecule has 0 fully saturated rings. The highest BCUT2D eigenvalue weighted by Crippen LogP contribution is 2.28. The molecule has 0 unspecified atom stereocenters. The Morgan fingerprint density at radius 3 is 2.93 bits per heavy atom. The van der Waals surface area contributed by atoms with Gasteiger partial charge in [-0.3, -0.25) is 4.79 Å². The van der Waals surface area contributed by atoms with Gasteiger partial charge in [0.25, 0.3) is 0 Å². The minimum atomic E-state index is -0.998. The maximum atomic E-state index is 13.3. The van der Waals surface area contributed by atoms with Gasteiger partial charge in [0.2, 0.25) is 0 Å². The van der Waals surface area contributed by atoms with E-state index >= 15 is 0 Å². The summed E-state index contributed by atoms with van der Waals surface area (Å²) in [6.07, 6.45) is -0.220. The molecule has 0 aliphatic carbocycles. The number of nitrogens with one attached hydrogen (secondary N) is 1. The number of benzene rings is 1. The Labute approximate surface area is 89.5 Å². The molecule has 0 bridgehead atoms. The second-order valence-electron chi connectivity index (χ2n) is 3.15. The van der Waals surface area contributed by atoms with Crippen molar-refractivity contribution in [3.05, 3.63) is 34.7 Å². The number of halogens is 2. The van der Waals surface area contributed by atoms with Crippen molar-refractivity contribution in [3.8, 4) is 0 Å². The van der Waals surface area contributed by atoms with Crippen molar-refractivity contribution in [1.29, 1.82) is 0 Å². The number of para-hydroxylation sites is 1. The zero-order chi connectivity index (χ0) is 11.0. The van der Waals surface area contributed by atoms with Crippen LogP contribution in [0.2, 0.25) is 5.15 Å². The van der Waals surface area contributed by atoms with Crippen LogP contribution in [0.3, 0.4) is 0 Å². The SMILES string of the molecule is O=C(O)Cc1c(Cl)[nH]c2c(F)cccc12. The van der Waals surface area contributed by atoms with Gasteiger partial charge in [-0.2, -0.15) is 0 Å². The molecule has 0 aliphatic rings. The number of aliphatic carboxylic acids is 1. The zero-order valence-electron chi connectivity index (χ0n) is 7.55. The quantitative estimate of drug-likeness (QED) is 0.829. The molecule has 2 N–H and O–H groups in total. The van der Waals surface area contributed by atoms with Crippen molar-refractivity contribution in [2.75, 3.05) is 0 Å². The Morgan fingerprint density at radius 1 is 1.53 bits per heavy atom. The summed E-state index contributed by atoms with van der Waals surface area (Å²) < 4.78 is 13.3. The van der Waals surface area contributed by atoms with Crippen LogP contribution in [0.25, 0.3) is 10.9 Å². The molecule has 78 valence electrons. The molecule has 0 radical (unpaired) electrons. The summed E-state index contributed by atoms with van der Waals surface area (Å²) in [4.78, 5) is 13.2. The third kappa shape index (κ3) is 1.68. The summed E-state index contributed by atoms with van der Waals surface area (Å²) in [5, 5.41) is 9.37. The largest absolute Gasteiger partial charge is 0.481 e. The second kappa shape index (κ2) is 3.55. The number of hydrogen-bond donors (Lipinski definition) is 2. The number of carboxylic acid groups (broad SMARTS) is 1. The summed E-state index contributed by atoms with van der Waals surface area (Å²) in [7, 11) is 0. The molecule has 1 heterocycles. The van der Waals surface area contributed by atoms with Crippen LogP contribution in [0.15, 0.2) is 18.2 Å². The van der Waals surface area contributed by atoms with Crippen molar-refractivity contribution >= 4 is 28.5 Å². The van der Waals surface area contributed by atoms with Crippen molar-refractivity contribution in [2.24, 2.45) is 0 Å². The standard InChI is InChI=1S/C10H7ClFNO2/c11-10-6(4-8(14)15)5-2-1-3-7(12)9(5)13-10/h1-3,13H,4H2,(H,14,15). The summed E-state index contributed by atoms with van der Waals surface area (Å²) in [5.41, 5.74) is 0.664. The number of carboxylic acids is 1. The Kier molecular flexibility index (Phi) is 2.36. The van der Waals surface area contributed by atoms with Crippen LogP contribution in [0.1, 0.15) is 5.56 Å². The molecular formula is C10H7ClFNO2. The van der Waals surface area contributed by atoms with E-state index in [1.165, 1.54) is 12.1 Å². The predicted molar refractivity (Wildman–Crippen MR) is 54.6 cm³/mol. The molecule has 2 rings (SSSR count). The van der Waals surface area contributed by atoms with Crippen molar-refractivity contribution in [3.63, 3.8) is 0 Å². The number of rotatable bonds is 2. The van der Waals surface area contributed by atoms with E-state index in [1.54, 1.807) is 6.07 Å². The van der Waals surface area contributed by atoms with E-state index in [9.17, 15) is 9.18 Å². The summed E-state index contributed by atoms with van der Waals surface area (Å²) in [6, 6.07) is 4.45. The fourth-order valence-electron chi connectivity index (χ4n) is 1.53. The number of fused-ring (bicyclic) bond motifs is 1. The summed E-state index contributed by atoms with van der Waals surface area (Å²) >= 11 is 5.80. The first kappa shape index (κ1) is 9.98. The average molecular weight is 228 g/mol. The lowest BCUT2D eigenvalue weighted by Crippen LogP contribution is -1.99. The Bertz CT molecular complexity index is 535. The fourth-order valence-corrected chi connectivity index (χ4v) is 1.79. The van der Waals surface area contributed by atoms with E-state index in [0.29, 0.717) is 10.9 Å². The van der Waals surface area contributed by atoms with Crippen LogP contribution in [0, 0.1) is 5.82 Å². The molecule has 1 aromatic heterocycles. The lowest BCUT2D eigenvalue weighted by Gasteiger charge is -1.95. The first-order valence-corrected chi connectivity index (χ1v) is 4.63. The molecule has 15 heavy (non-hydrogen) atoms. The van der Waals surface area contributed by atoms with Crippen LogP contribution < -0.4 is 0 Å². The molecule has 3 nitrogen and oxygen atoms in total. The first-order chi connectivity index (χ1) is 7.09. The molecule has 1 aromatic carbocycles. The van der Waals surface area contributed by atoms with E-state index < -0.39 is 11.8 Å². The molecule has 2 aromatic rings. The molecule has 0 saturated carbocycles. The maximum Gasteiger partial charge on any atom is 0.307 e. The summed E-state index contributed by atoms with van der Waals surface area (Å²) in [5.74, 6) is -1.44. The van der Waals surface area contributed by atoms with Crippen LogP contribution in [-0.4, -0.2) is 16.1 Å². The minimum absolute atomic E-state index is 0.178. The molecule has 0 spiro atoms. The molecule has 0 aliphatic heterocycles. The Morgan fingerprint density at radius 2 is 2.27 bits per heavy atom. The van der Waals surface area contributed by atoms with E-state index in [2.05, 4.69) is 4.98 Å². The number of carbonyl (C=O) groups is 1. The van der Waals surface area contributed by atoms with Crippen molar-refractivity contribution < 1.29 is 14.3 Å². The number of H-pyrrole nitrogens is 1. The monoisotopic (exact) mass is 227 g/mol. The van der Waals surface area contributed by atoms with Gasteiger partial charge in [0.05, 0.1) is 11.9 Å². The Hall–Kier alpha value is -1.55. The molecular weight excluding hydrogens is 221 g/mol. The minimum Gasteiger partial charge on any atom is -0.481 e.